The number of nitrogens with one attached hydrogen (secondary N) is 1. The highest BCUT2D eigenvalue weighted by atomic mass is 16.3. The van der Waals surface area contributed by atoms with Gasteiger partial charge in [-0.1, -0.05) is 19.1 Å². The molecule has 0 amide bonds. The summed E-state index contributed by atoms with van der Waals surface area (Å²) in [4.78, 5) is 4.57. The summed E-state index contributed by atoms with van der Waals surface area (Å²) in [5, 5.41) is 12.1. The van der Waals surface area contributed by atoms with Crippen LogP contribution in [0, 0.1) is 0 Å². The van der Waals surface area contributed by atoms with E-state index in [1.165, 1.54) is 5.52 Å². The van der Waals surface area contributed by atoms with E-state index >= 15 is 0 Å². The van der Waals surface area contributed by atoms with E-state index in [4.69, 9.17) is 5.11 Å². The molecule has 0 bridgehead atoms. The van der Waals surface area contributed by atoms with Crippen LogP contribution in [-0.4, -0.2) is 27.8 Å². The molecule has 0 aliphatic heterocycles. The molecule has 0 spiro atoms. The summed E-state index contributed by atoms with van der Waals surface area (Å²) in [7, 11) is 0. The Morgan fingerprint density at radius 1 is 1.35 bits per heavy atom. The molecule has 2 aromatic rings. The number of hydrogen-bond donors (Lipinski definition) is 2. The van der Waals surface area contributed by atoms with Crippen LogP contribution in [0.1, 0.15) is 19.8 Å². The highest BCUT2D eigenvalue weighted by molar-refractivity contribution is 5.78. The Labute approximate surface area is 101 Å². The molecule has 17 heavy (non-hydrogen) atoms. The number of aryl methyl sites for hydroxylation is 1. The van der Waals surface area contributed by atoms with Gasteiger partial charge in [-0.05, 0) is 25.0 Å². The van der Waals surface area contributed by atoms with Crippen LogP contribution in [-0.2, 0) is 6.54 Å². The summed E-state index contributed by atoms with van der Waals surface area (Å²) in [6, 6.07) is 8.16. The zero-order valence-electron chi connectivity index (χ0n) is 10.2. The molecule has 2 N–H and O–H groups in total. The van der Waals surface area contributed by atoms with Gasteiger partial charge in [0.15, 0.2) is 0 Å². The van der Waals surface area contributed by atoms with Crippen molar-refractivity contribution in [1.82, 2.24) is 9.55 Å². The monoisotopic (exact) mass is 233 g/mol. The molecular weight excluding hydrogens is 214 g/mol. The summed E-state index contributed by atoms with van der Waals surface area (Å²) in [6.45, 7) is 4.08. The molecule has 1 aromatic heterocycles. The van der Waals surface area contributed by atoms with Gasteiger partial charge in [-0.25, -0.2) is 4.98 Å². The highest BCUT2D eigenvalue weighted by Crippen LogP contribution is 2.19. The first-order valence-corrected chi connectivity index (χ1v) is 6.16. The van der Waals surface area contributed by atoms with Crippen molar-refractivity contribution in [2.75, 3.05) is 18.5 Å². The van der Waals surface area contributed by atoms with Crippen molar-refractivity contribution in [1.29, 1.82) is 0 Å². The molecule has 0 atom stereocenters. The zero-order chi connectivity index (χ0) is 12.1. The third-order valence-corrected chi connectivity index (χ3v) is 2.72. The summed E-state index contributed by atoms with van der Waals surface area (Å²) < 4.78 is 2.20. The molecule has 0 aliphatic rings. The smallest absolute Gasteiger partial charge is 0.203 e. The van der Waals surface area contributed by atoms with Gasteiger partial charge in [-0.2, -0.15) is 0 Å². The first kappa shape index (κ1) is 11.9. The lowest BCUT2D eigenvalue weighted by atomic mass is 10.3. The van der Waals surface area contributed by atoms with E-state index in [0.717, 1.165) is 37.4 Å². The SMILES string of the molecule is CCCn1c(NCCCO)nc2ccccc21. The Bertz CT molecular complexity index is 478. The average molecular weight is 233 g/mol. The summed E-state index contributed by atoms with van der Waals surface area (Å²) >= 11 is 0. The minimum atomic E-state index is 0.209. The Morgan fingerprint density at radius 2 is 2.18 bits per heavy atom. The minimum absolute atomic E-state index is 0.209. The van der Waals surface area contributed by atoms with Crippen molar-refractivity contribution in [3.8, 4) is 0 Å². The lowest BCUT2D eigenvalue weighted by Gasteiger charge is -2.08. The van der Waals surface area contributed by atoms with Gasteiger partial charge >= 0.3 is 0 Å². The second-order valence-corrected chi connectivity index (χ2v) is 4.08. The lowest BCUT2D eigenvalue weighted by Crippen LogP contribution is -2.09. The predicted octanol–water partition coefficient (Wildman–Crippen LogP) is 2.24. The fourth-order valence-corrected chi connectivity index (χ4v) is 1.94. The maximum Gasteiger partial charge on any atom is 0.203 e. The molecular formula is C13H19N3O. The molecule has 4 nitrogen and oxygen atoms in total. The van der Waals surface area contributed by atoms with Crippen LogP contribution < -0.4 is 5.32 Å². The quantitative estimate of drug-likeness (QED) is 0.752. The number of aliphatic hydroxyl groups is 1. The Hall–Kier alpha value is -1.55. The molecule has 0 saturated heterocycles. The van der Waals surface area contributed by atoms with Gasteiger partial charge in [0.05, 0.1) is 11.0 Å². The van der Waals surface area contributed by atoms with Crippen molar-refractivity contribution < 1.29 is 5.11 Å². The van der Waals surface area contributed by atoms with Gasteiger partial charge < -0.3 is 15.0 Å². The van der Waals surface area contributed by atoms with Gasteiger partial charge in [0.2, 0.25) is 5.95 Å². The number of aromatic nitrogens is 2. The minimum Gasteiger partial charge on any atom is -0.396 e. The Balaban J connectivity index is 2.29. The van der Waals surface area contributed by atoms with Crippen molar-refractivity contribution in [3.63, 3.8) is 0 Å². The number of benzene rings is 1. The van der Waals surface area contributed by atoms with Crippen molar-refractivity contribution in [3.05, 3.63) is 24.3 Å². The third-order valence-electron chi connectivity index (χ3n) is 2.72. The number of imidazole rings is 1. The Morgan fingerprint density at radius 3 is 2.94 bits per heavy atom. The van der Waals surface area contributed by atoms with Crippen LogP contribution in [0.25, 0.3) is 11.0 Å². The van der Waals surface area contributed by atoms with Gasteiger partial charge in [-0.3, -0.25) is 0 Å². The van der Waals surface area contributed by atoms with E-state index < -0.39 is 0 Å². The first-order valence-electron chi connectivity index (χ1n) is 6.16. The standard InChI is InChI=1S/C13H19N3O/c1-2-9-16-12-7-4-3-6-11(12)15-13(16)14-8-5-10-17/h3-4,6-7,17H,2,5,8-10H2,1H3,(H,14,15). The summed E-state index contributed by atoms with van der Waals surface area (Å²) in [5.41, 5.74) is 2.19. The number of rotatable bonds is 6. The molecule has 0 radical (unpaired) electrons. The number of fused-ring (bicyclic) bond motifs is 1. The van der Waals surface area contributed by atoms with Gasteiger partial charge in [0.1, 0.15) is 0 Å². The normalized spacial score (nSPS) is 10.9. The number of anilines is 1. The summed E-state index contributed by atoms with van der Waals surface area (Å²) in [5.74, 6) is 0.904. The van der Waals surface area contributed by atoms with Crippen LogP contribution in [0.4, 0.5) is 5.95 Å². The van der Waals surface area contributed by atoms with Crippen LogP contribution in [0.2, 0.25) is 0 Å². The largest absolute Gasteiger partial charge is 0.396 e. The fraction of sp³-hybridized carbons (Fsp3) is 0.462. The van der Waals surface area contributed by atoms with Gasteiger partial charge in [0, 0.05) is 19.7 Å². The first-order chi connectivity index (χ1) is 8.36. The molecule has 4 heteroatoms. The fourth-order valence-electron chi connectivity index (χ4n) is 1.94. The maximum absolute atomic E-state index is 8.79. The number of aliphatic hydroxyl groups excluding tert-OH is 1. The molecule has 1 aromatic carbocycles. The van der Waals surface area contributed by atoms with Gasteiger partial charge in [0.25, 0.3) is 0 Å². The van der Waals surface area contributed by atoms with Gasteiger partial charge in [-0.15, -0.1) is 0 Å². The lowest BCUT2D eigenvalue weighted by molar-refractivity contribution is 0.292. The molecule has 0 saturated carbocycles. The van der Waals surface area contributed by atoms with Crippen molar-refractivity contribution >= 4 is 17.0 Å². The second-order valence-electron chi connectivity index (χ2n) is 4.08. The van der Waals surface area contributed by atoms with Crippen molar-refractivity contribution in [2.24, 2.45) is 0 Å². The average Bonchev–Trinajstić information content (AvgIpc) is 2.69. The van der Waals surface area contributed by atoms with Crippen molar-refractivity contribution in [2.45, 2.75) is 26.3 Å². The Kier molecular flexibility index (Phi) is 3.98. The second kappa shape index (κ2) is 5.68. The number of para-hydroxylation sites is 2. The number of nitrogens with zero attached hydrogens (tertiary/aromatic N) is 2. The van der Waals surface area contributed by atoms with E-state index in [-0.39, 0.29) is 6.61 Å². The maximum atomic E-state index is 8.79. The molecule has 0 aliphatic carbocycles. The van der Waals surface area contributed by atoms with E-state index in [9.17, 15) is 0 Å². The molecule has 2 rings (SSSR count). The molecule has 0 fully saturated rings. The third kappa shape index (κ3) is 2.58. The van der Waals surface area contributed by atoms with Crippen LogP contribution >= 0.6 is 0 Å². The van der Waals surface area contributed by atoms with E-state index in [2.05, 4.69) is 27.9 Å². The molecule has 0 unspecified atom stereocenters. The molecule has 92 valence electrons. The van der Waals surface area contributed by atoms with Crippen LogP contribution in [0.3, 0.4) is 0 Å². The molecule has 1 heterocycles. The predicted molar refractivity (Wildman–Crippen MR) is 70.2 cm³/mol. The highest BCUT2D eigenvalue weighted by Gasteiger charge is 2.08. The van der Waals surface area contributed by atoms with E-state index in [1.54, 1.807) is 0 Å². The van der Waals surface area contributed by atoms with E-state index in [0.29, 0.717) is 0 Å². The topological polar surface area (TPSA) is 50.1 Å². The van der Waals surface area contributed by atoms with E-state index in [1.807, 2.05) is 18.2 Å². The zero-order valence-corrected chi connectivity index (χ0v) is 10.2. The number of hydrogen-bond acceptors (Lipinski definition) is 3. The van der Waals surface area contributed by atoms with Crippen LogP contribution in [0.15, 0.2) is 24.3 Å². The summed E-state index contributed by atoms with van der Waals surface area (Å²) in [6.07, 6.45) is 1.82. The van der Waals surface area contributed by atoms with Crippen LogP contribution in [0.5, 0.6) is 0 Å².